The topological polar surface area (TPSA) is 38.0 Å². The maximum atomic E-state index is 6.17. The Bertz CT molecular complexity index is 376. The highest BCUT2D eigenvalue weighted by Gasteiger charge is 2.15. The summed E-state index contributed by atoms with van der Waals surface area (Å²) < 4.78 is 0. The van der Waals surface area contributed by atoms with E-state index in [0.29, 0.717) is 0 Å². The van der Waals surface area contributed by atoms with Gasteiger partial charge >= 0.3 is 0 Å². The van der Waals surface area contributed by atoms with E-state index in [0.717, 1.165) is 28.3 Å². The lowest BCUT2D eigenvalue weighted by atomic mass is 10.1. The van der Waals surface area contributed by atoms with Crippen molar-refractivity contribution in [3.05, 3.63) is 20.8 Å². The van der Waals surface area contributed by atoms with Crippen LogP contribution in [0.15, 0.2) is 5.38 Å². The van der Waals surface area contributed by atoms with Crippen LogP contribution in [0.1, 0.15) is 36.2 Å². The summed E-state index contributed by atoms with van der Waals surface area (Å²) in [5, 5.41) is 2.88. The number of nitrogens with one attached hydrogen (secondary N) is 1. The number of hydrazine groups is 1. The first kappa shape index (κ1) is 12.5. The Balaban J connectivity index is 2.72. The summed E-state index contributed by atoms with van der Waals surface area (Å²) in [6, 6.07) is 0.108. The summed E-state index contributed by atoms with van der Waals surface area (Å²) in [5.41, 5.74) is 3.90. The van der Waals surface area contributed by atoms with Crippen molar-refractivity contribution >= 4 is 22.9 Å². The van der Waals surface area contributed by atoms with E-state index in [4.69, 9.17) is 17.4 Å². The van der Waals surface area contributed by atoms with E-state index >= 15 is 0 Å². The van der Waals surface area contributed by atoms with Crippen LogP contribution in [0.2, 0.25) is 5.02 Å². The fourth-order valence-corrected chi connectivity index (χ4v) is 2.74. The fraction of sp³-hybridized carbons (Fsp3) is 0.455. The van der Waals surface area contributed by atoms with Crippen LogP contribution in [0.4, 0.5) is 0 Å². The number of thiophene rings is 1. The molecule has 0 saturated carbocycles. The van der Waals surface area contributed by atoms with Gasteiger partial charge in [0.1, 0.15) is 0 Å². The molecule has 1 aromatic rings. The average Bonchev–Trinajstić information content (AvgIpc) is 2.56. The van der Waals surface area contributed by atoms with Gasteiger partial charge in [-0.1, -0.05) is 11.6 Å². The molecule has 0 fully saturated rings. The normalized spacial score (nSPS) is 12.0. The molecule has 0 radical (unpaired) electrons. The predicted molar refractivity (Wildman–Crippen MR) is 66.8 cm³/mol. The molecule has 0 aliphatic carbocycles. The molecule has 4 heteroatoms. The summed E-state index contributed by atoms with van der Waals surface area (Å²) in [7, 11) is 0. The van der Waals surface area contributed by atoms with Crippen LogP contribution in [0.3, 0.4) is 0 Å². The molecule has 1 rings (SSSR count). The summed E-state index contributed by atoms with van der Waals surface area (Å²) in [5.74, 6) is 11.4. The summed E-state index contributed by atoms with van der Waals surface area (Å²) >= 11 is 7.82. The number of halogens is 1. The second-order valence-corrected chi connectivity index (χ2v) is 4.57. The first-order valence-corrected chi connectivity index (χ1v) is 6.05. The number of rotatable bonds is 4. The lowest BCUT2D eigenvalue weighted by Gasteiger charge is -2.13. The SMILES string of the molecule is CC#CCCC(NN)c1scc(C)c1Cl. The zero-order chi connectivity index (χ0) is 11.3. The average molecular weight is 243 g/mol. The first-order valence-electron chi connectivity index (χ1n) is 4.80. The maximum Gasteiger partial charge on any atom is 0.0590 e. The maximum absolute atomic E-state index is 6.17. The van der Waals surface area contributed by atoms with Crippen LogP contribution in [0.25, 0.3) is 0 Å². The van der Waals surface area contributed by atoms with Crippen LogP contribution in [0.5, 0.6) is 0 Å². The van der Waals surface area contributed by atoms with Crippen molar-refractivity contribution in [3.63, 3.8) is 0 Å². The van der Waals surface area contributed by atoms with Gasteiger partial charge in [0.15, 0.2) is 0 Å². The Hall–Kier alpha value is -0.530. The molecule has 0 amide bonds. The quantitative estimate of drug-likeness (QED) is 0.484. The molecule has 1 atom stereocenters. The van der Waals surface area contributed by atoms with E-state index in [1.807, 2.05) is 19.2 Å². The molecule has 0 aliphatic heterocycles. The smallest absolute Gasteiger partial charge is 0.0590 e. The highest BCUT2D eigenvalue weighted by molar-refractivity contribution is 7.10. The highest BCUT2D eigenvalue weighted by Crippen LogP contribution is 2.33. The van der Waals surface area contributed by atoms with Gasteiger partial charge in [-0.05, 0) is 31.2 Å². The summed E-state index contributed by atoms with van der Waals surface area (Å²) in [4.78, 5) is 1.11. The number of hydrogen-bond acceptors (Lipinski definition) is 3. The van der Waals surface area contributed by atoms with Gasteiger partial charge in [0.05, 0.1) is 11.1 Å². The lowest BCUT2D eigenvalue weighted by molar-refractivity contribution is 0.532. The highest BCUT2D eigenvalue weighted by atomic mass is 35.5. The molecule has 82 valence electrons. The largest absolute Gasteiger partial charge is 0.271 e. The van der Waals surface area contributed by atoms with Gasteiger partial charge in [-0.25, -0.2) is 0 Å². The Kier molecular flexibility index (Phi) is 5.13. The summed E-state index contributed by atoms with van der Waals surface area (Å²) in [6.07, 6.45) is 1.72. The minimum Gasteiger partial charge on any atom is -0.271 e. The Morgan fingerprint density at radius 1 is 1.67 bits per heavy atom. The van der Waals surface area contributed by atoms with Crippen LogP contribution in [-0.4, -0.2) is 0 Å². The first-order chi connectivity index (χ1) is 7.20. The van der Waals surface area contributed by atoms with Crippen molar-refractivity contribution < 1.29 is 0 Å². The minimum absolute atomic E-state index is 0.108. The molecule has 0 saturated heterocycles. The fourth-order valence-electron chi connectivity index (χ4n) is 1.32. The molecule has 1 unspecified atom stereocenters. The molecule has 1 aromatic heterocycles. The van der Waals surface area contributed by atoms with E-state index in [-0.39, 0.29) is 6.04 Å². The second-order valence-electron chi connectivity index (χ2n) is 3.28. The zero-order valence-electron chi connectivity index (χ0n) is 8.93. The Morgan fingerprint density at radius 3 is 2.87 bits per heavy atom. The van der Waals surface area contributed by atoms with E-state index < -0.39 is 0 Å². The van der Waals surface area contributed by atoms with E-state index in [2.05, 4.69) is 17.3 Å². The van der Waals surface area contributed by atoms with Crippen molar-refractivity contribution in [3.8, 4) is 11.8 Å². The molecular formula is C11H15ClN2S. The van der Waals surface area contributed by atoms with Crippen LogP contribution < -0.4 is 11.3 Å². The third-order valence-corrected chi connectivity index (χ3v) is 4.01. The van der Waals surface area contributed by atoms with Crippen molar-refractivity contribution in [1.82, 2.24) is 5.43 Å². The monoisotopic (exact) mass is 242 g/mol. The standard InChI is InChI=1S/C11H15ClN2S/c1-3-4-5-6-9(14-13)11-10(12)8(2)7-15-11/h7,9,14H,5-6,13H2,1-2H3. The molecule has 1 heterocycles. The molecule has 0 aliphatic rings. The minimum atomic E-state index is 0.108. The van der Waals surface area contributed by atoms with Crippen molar-refractivity contribution in [2.45, 2.75) is 32.7 Å². The number of nitrogens with two attached hydrogens (primary N) is 1. The molecule has 0 bridgehead atoms. The predicted octanol–water partition coefficient (Wildman–Crippen LogP) is 3.02. The second kappa shape index (κ2) is 6.14. The van der Waals surface area contributed by atoms with Crippen LogP contribution in [-0.2, 0) is 0 Å². The van der Waals surface area contributed by atoms with Crippen molar-refractivity contribution in [2.24, 2.45) is 5.84 Å². The van der Waals surface area contributed by atoms with Gasteiger partial charge in [-0.2, -0.15) is 0 Å². The van der Waals surface area contributed by atoms with Gasteiger partial charge in [0.25, 0.3) is 0 Å². The number of hydrogen-bond donors (Lipinski definition) is 2. The third kappa shape index (κ3) is 3.22. The van der Waals surface area contributed by atoms with Crippen molar-refractivity contribution in [2.75, 3.05) is 0 Å². The van der Waals surface area contributed by atoms with E-state index in [9.17, 15) is 0 Å². The Labute approximate surface area is 99.8 Å². The zero-order valence-corrected chi connectivity index (χ0v) is 10.5. The third-order valence-electron chi connectivity index (χ3n) is 2.18. The van der Waals surface area contributed by atoms with Gasteiger partial charge in [-0.15, -0.1) is 23.2 Å². The van der Waals surface area contributed by atoms with Gasteiger partial charge in [0, 0.05) is 11.3 Å². The molecule has 3 N–H and O–H groups in total. The summed E-state index contributed by atoms with van der Waals surface area (Å²) in [6.45, 7) is 3.84. The number of aryl methyl sites for hydroxylation is 1. The molecular weight excluding hydrogens is 228 g/mol. The van der Waals surface area contributed by atoms with Gasteiger partial charge in [0.2, 0.25) is 0 Å². The lowest BCUT2D eigenvalue weighted by Crippen LogP contribution is -2.27. The van der Waals surface area contributed by atoms with Gasteiger partial charge < -0.3 is 0 Å². The Morgan fingerprint density at radius 2 is 2.40 bits per heavy atom. The molecule has 0 aromatic carbocycles. The van der Waals surface area contributed by atoms with Gasteiger partial charge in [-0.3, -0.25) is 11.3 Å². The molecule has 2 nitrogen and oxygen atoms in total. The van der Waals surface area contributed by atoms with Crippen LogP contribution >= 0.6 is 22.9 Å². The van der Waals surface area contributed by atoms with Crippen LogP contribution in [0, 0.1) is 18.8 Å². The van der Waals surface area contributed by atoms with E-state index in [1.165, 1.54) is 0 Å². The molecule has 15 heavy (non-hydrogen) atoms. The van der Waals surface area contributed by atoms with E-state index in [1.54, 1.807) is 11.3 Å². The molecule has 0 spiro atoms. The van der Waals surface area contributed by atoms with Crippen molar-refractivity contribution in [1.29, 1.82) is 0 Å².